The zero-order valence-corrected chi connectivity index (χ0v) is 20.4. The SMILES string of the molecule is O=C(N[C@@H](c1ccccc1)c1ccc(C2CC2)c(F)n1)[C@@H]1C[C@@H](F)CN1C(=O)CNC(=O)N1CC(F)(F)C1. The van der Waals surface area contributed by atoms with Crippen LogP contribution in [0.15, 0.2) is 42.5 Å². The number of carbonyl (C=O) groups excluding carboxylic acids is 3. The predicted octanol–water partition coefficient (Wildman–Crippen LogP) is 2.90. The van der Waals surface area contributed by atoms with E-state index in [0.29, 0.717) is 11.1 Å². The molecule has 0 unspecified atom stereocenters. The van der Waals surface area contributed by atoms with E-state index in [1.807, 2.05) is 0 Å². The molecule has 2 N–H and O–H groups in total. The van der Waals surface area contributed by atoms with Crippen molar-refractivity contribution in [1.29, 1.82) is 0 Å². The van der Waals surface area contributed by atoms with Gasteiger partial charge >= 0.3 is 6.03 Å². The Hall–Kier alpha value is -3.70. The molecule has 3 aliphatic rings. The van der Waals surface area contributed by atoms with E-state index in [0.717, 1.165) is 22.6 Å². The third-order valence-corrected chi connectivity index (χ3v) is 7.03. The maximum absolute atomic E-state index is 14.7. The predicted molar refractivity (Wildman–Crippen MR) is 128 cm³/mol. The Bertz CT molecular complexity index is 1220. The highest BCUT2D eigenvalue weighted by atomic mass is 19.3. The minimum atomic E-state index is -2.95. The van der Waals surface area contributed by atoms with Gasteiger partial charge in [0.1, 0.15) is 12.2 Å². The number of likely N-dealkylation sites (tertiary alicyclic amines) is 2. The summed E-state index contributed by atoms with van der Waals surface area (Å²) in [6, 6.07) is 9.22. The van der Waals surface area contributed by atoms with Crippen LogP contribution in [0.1, 0.15) is 48.0 Å². The fourth-order valence-electron chi connectivity index (χ4n) is 4.86. The van der Waals surface area contributed by atoms with Gasteiger partial charge in [-0.1, -0.05) is 36.4 Å². The number of halogens is 4. The van der Waals surface area contributed by atoms with Gasteiger partial charge in [-0.05, 0) is 30.4 Å². The number of nitrogens with zero attached hydrogens (tertiary/aromatic N) is 3. The van der Waals surface area contributed by atoms with E-state index in [-0.39, 0.29) is 24.6 Å². The third-order valence-electron chi connectivity index (χ3n) is 7.03. The zero-order chi connectivity index (χ0) is 27.0. The van der Waals surface area contributed by atoms with E-state index in [9.17, 15) is 31.9 Å². The highest BCUT2D eigenvalue weighted by Crippen LogP contribution is 2.41. The molecule has 0 bridgehead atoms. The van der Waals surface area contributed by atoms with Gasteiger partial charge in [-0.15, -0.1) is 0 Å². The van der Waals surface area contributed by atoms with Gasteiger partial charge in [0.25, 0.3) is 5.92 Å². The highest BCUT2D eigenvalue weighted by molar-refractivity contribution is 5.91. The second-order valence-electron chi connectivity index (χ2n) is 10.0. The number of benzene rings is 1. The topological polar surface area (TPSA) is 94.6 Å². The van der Waals surface area contributed by atoms with Crippen molar-refractivity contribution in [1.82, 2.24) is 25.4 Å². The maximum Gasteiger partial charge on any atom is 0.318 e. The molecule has 38 heavy (non-hydrogen) atoms. The lowest BCUT2D eigenvalue weighted by atomic mass is 10.0. The normalized spacial score (nSPS) is 22.9. The van der Waals surface area contributed by atoms with Gasteiger partial charge in [0, 0.05) is 12.0 Å². The van der Waals surface area contributed by atoms with Gasteiger partial charge in [-0.25, -0.2) is 22.9 Å². The molecule has 2 aromatic rings. The first-order chi connectivity index (χ1) is 18.1. The second-order valence-corrected chi connectivity index (χ2v) is 10.0. The van der Waals surface area contributed by atoms with Crippen LogP contribution in [0.25, 0.3) is 0 Å². The average molecular weight is 534 g/mol. The summed E-state index contributed by atoms with van der Waals surface area (Å²) in [6.45, 7) is -2.42. The highest BCUT2D eigenvalue weighted by Gasteiger charge is 2.46. The van der Waals surface area contributed by atoms with Gasteiger partial charge in [-0.3, -0.25) is 9.59 Å². The monoisotopic (exact) mass is 533 g/mol. The van der Waals surface area contributed by atoms with Gasteiger partial charge < -0.3 is 20.4 Å². The van der Waals surface area contributed by atoms with Crippen LogP contribution in [0, 0.1) is 5.95 Å². The lowest BCUT2D eigenvalue weighted by molar-refractivity contribution is -0.138. The van der Waals surface area contributed by atoms with Gasteiger partial charge in [0.05, 0.1) is 37.9 Å². The van der Waals surface area contributed by atoms with E-state index in [1.165, 1.54) is 0 Å². The summed E-state index contributed by atoms with van der Waals surface area (Å²) in [4.78, 5) is 44.1. The molecule has 5 rings (SSSR count). The van der Waals surface area contributed by atoms with Crippen molar-refractivity contribution in [2.75, 3.05) is 26.2 Å². The van der Waals surface area contributed by atoms with Crippen LogP contribution < -0.4 is 10.6 Å². The smallest absolute Gasteiger partial charge is 0.318 e. The molecule has 202 valence electrons. The third kappa shape index (κ3) is 5.58. The number of hydrogen-bond acceptors (Lipinski definition) is 4. The number of hydrogen-bond donors (Lipinski definition) is 2. The standard InChI is InChI=1S/C26H27F4N5O3/c27-17-10-20(35(12-17)21(36)11-31-25(38)34-13-26(29,30)14-34)24(37)33-22(16-4-2-1-3-5-16)19-9-8-18(15-6-7-15)23(28)32-19/h1-5,8-9,15,17,20,22H,6-7,10-14H2,(H,31,38)(H,33,37)/t17-,20+,22+/m1/s1. The summed E-state index contributed by atoms with van der Waals surface area (Å²) in [5.74, 6) is -4.78. The van der Waals surface area contributed by atoms with E-state index in [2.05, 4.69) is 15.6 Å². The molecular formula is C26H27F4N5O3. The summed E-state index contributed by atoms with van der Waals surface area (Å²) in [6.07, 6.45) is 0.0754. The Morgan fingerprint density at radius 2 is 1.79 bits per heavy atom. The average Bonchev–Trinajstić information content (AvgIpc) is 3.64. The van der Waals surface area contributed by atoms with Crippen molar-refractivity contribution < 1.29 is 31.9 Å². The molecule has 1 saturated carbocycles. The molecule has 4 amide bonds. The first-order valence-corrected chi connectivity index (χ1v) is 12.5. The molecule has 1 aromatic heterocycles. The van der Waals surface area contributed by atoms with Crippen LogP contribution in [-0.4, -0.2) is 76.9 Å². The van der Waals surface area contributed by atoms with Crippen molar-refractivity contribution in [2.24, 2.45) is 0 Å². The quantitative estimate of drug-likeness (QED) is 0.423. The molecule has 1 aliphatic carbocycles. The van der Waals surface area contributed by atoms with Crippen molar-refractivity contribution >= 4 is 17.8 Å². The molecule has 8 nitrogen and oxygen atoms in total. The summed E-state index contributed by atoms with van der Waals surface area (Å²) >= 11 is 0. The molecule has 3 fully saturated rings. The van der Waals surface area contributed by atoms with Crippen LogP contribution in [0.3, 0.4) is 0 Å². The number of urea groups is 1. The van der Waals surface area contributed by atoms with Crippen molar-refractivity contribution in [2.45, 2.75) is 49.4 Å². The number of rotatable bonds is 7. The Kier molecular flexibility index (Phi) is 6.97. The van der Waals surface area contributed by atoms with Crippen LogP contribution >= 0.6 is 0 Å². The molecule has 2 saturated heterocycles. The molecule has 0 spiro atoms. The molecule has 2 aliphatic heterocycles. The summed E-state index contributed by atoms with van der Waals surface area (Å²) in [5.41, 5.74) is 1.42. The van der Waals surface area contributed by atoms with Crippen LogP contribution in [0.4, 0.5) is 22.4 Å². The summed E-state index contributed by atoms with van der Waals surface area (Å²) in [7, 11) is 0. The largest absolute Gasteiger partial charge is 0.342 e. The Morgan fingerprint density at radius 1 is 1.08 bits per heavy atom. The van der Waals surface area contributed by atoms with Crippen LogP contribution in [0.5, 0.6) is 0 Å². The molecular weight excluding hydrogens is 506 g/mol. The van der Waals surface area contributed by atoms with Crippen molar-refractivity contribution in [3.05, 3.63) is 65.2 Å². The van der Waals surface area contributed by atoms with Crippen molar-refractivity contribution in [3.63, 3.8) is 0 Å². The van der Waals surface area contributed by atoms with Crippen molar-refractivity contribution in [3.8, 4) is 0 Å². The fraction of sp³-hybridized carbons (Fsp3) is 0.462. The lowest BCUT2D eigenvalue weighted by Crippen LogP contribution is -2.61. The summed E-state index contributed by atoms with van der Waals surface area (Å²) in [5, 5.41) is 5.04. The van der Waals surface area contributed by atoms with Crippen LogP contribution in [-0.2, 0) is 9.59 Å². The number of nitrogens with one attached hydrogen (secondary N) is 2. The molecule has 12 heteroatoms. The Labute approximate surface area is 216 Å². The molecule has 0 radical (unpaired) electrons. The molecule has 3 atom stereocenters. The second kappa shape index (κ2) is 10.2. The Morgan fingerprint density at radius 3 is 2.42 bits per heavy atom. The zero-order valence-electron chi connectivity index (χ0n) is 20.4. The Balaban J connectivity index is 1.28. The van der Waals surface area contributed by atoms with Gasteiger partial charge in [-0.2, -0.15) is 4.39 Å². The minimum absolute atomic E-state index is 0.152. The number of amides is 4. The van der Waals surface area contributed by atoms with E-state index in [1.54, 1.807) is 42.5 Å². The van der Waals surface area contributed by atoms with E-state index in [4.69, 9.17) is 0 Å². The number of pyridine rings is 1. The van der Waals surface area contributed by atoms with Crippen LogP contribution in [0.2, 0.25) is 0 Å². The number of aromatic nitrogens is 1. The molecule has 3 heterocycles. The molecule has 1 aromatic carbocycles. The van der Waals surface area contributed by atoms with Gasteiger partial charge in [0.2, 0.25) is 17.8 Å². The van der Waals surface area contributed by atoms with E-state index >= 15 is 0 Å². The lowest BCUT2D eigenvalue weighted by Gasteiger charge is -2.38. The van der Waals surface area contributed by atoms with Gasteiger partial charge in [0.15, 0.2) is 0 Å². The summed E-state index contributed by atoms with van der Waals surface area (Å²) < 4.78 is 55.1. The maximum atomic E-state index is 14.7. The van der Waals surface area contributed by atoms with E-state index < -0.39 is 67.6 Å². The number of alkyl halides is 3. The minimum Gasteiger partial charge on any atom is -0.342 e. The fourth-order valence-corrected chi connectivity index (χ4v) is 4.86. The first kappa shape index (κ1) is 25.9. The number of carbonyl (C=O) groups is 3. The first-order valence-electron chi connectivity index (χ1n) is 12.5.